The number of aliphatic hydroxyl groups is 1. The standard InChI is InChI=1S/C12H20O3/c1-8-5-11(3,4)7-12(15,6-8)9(2)10(13)14/h8,15H,2,5-7H2,1,3-4H3,(H,13,14). The van der Waals surface area contributed by atoms with Gasteiger partial charge >= 0.3 is 5.97 Å². The number of hydrogen-bond acceptors (Lipinski definition) is 2. The summed E-state index contributed by atoms with van der Waals surface area (Å²) < 4.78 is 0. The summed E-state index contributed by atoms with van der Waals surface area (Å²) in [5.74, 6) is -0.766. The molecule has 2 N–H and O–H groups in total. The highest BCUT2D eigenvalue weighted by Gasteiger charge is 2.45. The minimum Gasteiger partial charge on any atom is -0.478 e. The lowest BCUT2D eigenvalue weighted by molar-refractivity contribution is -0.137. The fraction of sp³-hybridized carbons (Fsp3) is 0.750. The Morgan fingerprint density at radius 2 is 1.93 bits per heavy atom. The lowest BCUT2D eigenvalue weighted by atomic mass is 9.64. The molecule has 0 spiro atoms. The third kappa shape index (κ3) is 2.59. The molecular formula is C12H20O3. The van der Waals surface area contributed by atoms with Crippen molar-refractivity contribution >= 4 is 5.97 Å². The number of rotatable bonds is 2. The first kappa shape index (κ1) is 12.2. The van der Waals surface area contributed by atoms with E-state index in [4.69, 9.17) is 5.11 Å². The van der Waals surface area contributed by atoms with E-state index in [1.54, 1.807) is 0 Å². The largest absolute Gasteiger partial charge is 0.478 e. The topological polar surface area (TPSA) is 57.5 Å². The Kier molecular flexibility index (Phi) is 2.97. The third-order valence-electron chi connectivity index (χ3n) is 3.18. The molecule has 0 aromatic carbocycles. The van der Waals surface area contributed by atoms with Gasteiger partial charge in [0, 0.05) is 0 Å². The zero-order valence-corrected chi connectivity index (χ0v) is 9.71. The van der Waals surface area contributed by atoms with E-state index >= 15 is 0 Å². The highest BCUT2D eigenvalue weighted by molar-refractivity contribution is 5.88. The summed E-state index contributed by atoms with van der Waals surface area (Å²) in [5, 5.41) is 19.2. The number of hydrogen-bond donors (Lipinski definition) is 2. The summed E-state index contributed by atoms with van der Waals surface area (Å²) in [7, 11) is 0. The molecule has 15 heavy (non-hydrogen) atoms. The highest BCUT2D eigenvalue weighted by Crippen LogP contribution is 2.46. The summed E-state index contributed by atoms with van der Waals surface area (Å²) in [6.45, 7) is 9.66. The van der Waals surface area contributed by atoms with Crippen LogP contribution in [-0.4, -0.2) is 21.8 Å². The number of aliphatic carboxylic acids is 1. The molecule has 0 aromatic rings. The van der Waals surface area contributed by atoms with Crippen molar-refractivity contribution in [2.75, 3.05) is 0 Å². The average molecular weight is 212 g/mol. The molecule has 0 aromatic heterocycles. The molecule has 0 heterocycles. The van der Waals surface area contributed by atoms with Crippen molar-refractivity contribution in [3.05, 3.63) is 12.2 Å². The molecule has 0 radical (unpaired) electrons. The fourth-order valence-electron chi connectivity index (χ4n) is 2.96. The van der Waals surface area contributed by atoms with E-state index < -0.39 is 11.6 Å². The van der Waals surface area contributed by atoms with Crippen LogP contribution in [0.15, 0.2) is 12.2 Å². The van der Waals surface area contributed by atoms with Gasteiger partial charge in [0.05, 0.1) is 11.2 Å². The molecule has 2 unspecified atom stereocenters. The number of carboxylic acids is 1. The van der Waals surface area contributed by atoms with E-state index in [0.29, 0.717) is 18.8 Å². The number of carbonyl (C=O) groups is 1. The normalized spacial score (nSPS) is 34.8. The Morgan fingerprint density at radius 1 is 1.40 bits per heavy atom. The van der Waals surface area contributed by atoms with Crippen LogP contribution in [0.2, 0.25) is 0 Å². The molecule has 1 aliphatic carbocycles. The van der Waals surface area contributed by atoms with Crippen molar-refractivity contribution in [1.82, 2.24) is 0 Å². The van der Waals surface area contributed by atoms with Gasteiger partial charge in [-0.2, -0.15) is 0 Å². The SMILES string of the molecule is C=C(C(=O)O)C1(O)CC(C)CC(C)(C)C1. The zero-order valence-electron chi connectivity index (χ0n) is 9.71. The maximum atomic E-state index is 10.9. The predicted octanol–water partition coefficient (Wildman–Crippen LogP) is 2.20. The van der Waals surface area contributed by atoms with Crippen molar-refractivity contribution in [2.24, 2.45) is 11.3 Å². The Morgan fingerprint density at radius 3 is 2.33 bits per heavy atom. The van der Waals surface area contributed by atoms with Gasteiger partial charge in [0.25, 0.3) is 0 Å². The van der Waals surface area contributed by atoms with Crippen LogP contribution < -0.4 is 0 Å². The monoisotopic (exact) mass is 212 g/mol. The van der Waals surface area contributed by atoms with Crippen molar-refractivity contribution in [2.45, 2.75) is 45.6 Å². The second-order valence-corrected chi connectivity index (χ2v) is 5.67. The first-order valence-corrected chi connectivity index (χ1v) is 5.31. The van der Waals surface area contributed by atoms with Crippen molar-refractivity contribution in [1.29, 1.82) is 0 Å². The van der Waals surface area contributed by atoms with E-state index in [2.05, 4.69) is 20.4 Å². The van der Waals surface area contributed by atoms with Gasteiger partial charge in [-0.05, 0) is 30.6 Å². The lowest BCUT2D eigenvalue weighted by Gasteiger charge is -2.44. The minimum atomic E-state index is -1.23. The number of carboxylic acid groups (broad SMARTS) is 1. The van der Waals surface area contributed by atoms with Crippen molar-refractivity contribution in [3.8, 4) is 0 Å². The highest BCUT2D eigenvalue weighted by atomic mass is 16.4. The molecule has 3 nitrogen and oxygen atoms in total. The van der Waals surface area contributed by atoms with Crippen LogP contribution in [0.3, 0.4) is 0 Å². The molecule has 1 fully saturated rings. The first-order chi connectivity index (χ1) is 6.66. The van der Waals surface area contributed by atoms with Crippen LogP contribution in [0.1, 0.15) is 40.0 Å². The van der Waals surface area contributed by atoms with Crippen LogP contribution in [0.4, 0.5) is 0 Å². The van der Waals surface area contributed by atoms with E-state index in [0.717, 1.165) is 6.42 Å². The molecule has 0 bridgehead atoms. The third-order valence-corrected chi connectivity index (χ3v) is 3.18. The van der Waals surface area contributed by atoms with Gasteiger partial charge in [-0.1, -0.05) is 27.4 Å². The van der Waals surface area contributed by atoms with Crippen molar-refractivity contribution < 1.29 is 15.0 Å². The first-order valence-electron chi connectivity index (χ1n) is 5.31. The van der Waals surface area contributed by atoms with Gasteiger partial charge in [-0.15, -0.1) is 0 Å². The van der Waals surface area contributed by atoms with Crippen LogP contribution in [0.5, 0.6) is 0 Å². The quantitative estimate of drug-likeness (QED) is 0.690. The molecule has 0 aliphatic heterocycles. The van der Waals surface area contributed by atoms with E-state index in [1.165, 1.54) is 0 Å². The molecule has 3 heteroatoms. The Labute approximate surface area is 90.8 Å². The molecular weight excluding hydrogens is 192 g/mol. The molecule has 86 valence electrons. The Hall–Kier alpha value is -0.830. The summed E-state index contributed by atoms with van der Waals surface area (Å²) >= 11 is 0. The molecule has 1 rings (SSSR count). The summed E-state index contributed by atoms with van der Waals surface area (Å²) in [6, 6.07) is 0. The summed E-state index contributed by atoms with van der Waals surface area (Å²) in [6.07, 6.45) is 2.00. The van der Waals surface area contributed by atoms with Gasteiger partial charge < -0.3 is 10.2 Å². The minimum absolute atomic E-state index is 0.0230. The maximum absolute atomic E-state index is 10.9. The lowest BCUT2D eigenvalue weighted by Crippen LogP contribution is -2.45. The average Bonchev–Trinajstić information content (AvgIpc) is 1.97. The van der Waals surface area contributed by atoms with Crippen LogP contribution in [0, 0.1) is 11.3 Å². The summed E-state index contributed by atoms with van der Waals surface area (Å²) in [4.78, 5) is 10.9. The predicted molar refractivity (Wildman–Crippen MR) is 58.5 cm³/mol. The van der Waals surface area contributed by atoms with Crippen LogP contribution in [0.25, 0.3) is 0 Å². The molecule has 0 amide bonds. The van der Waals surface area contributed by atoms with Gasteiger partial charge in [0.2, 0.25) is 0 Å². The smallest absolute Gasteiger partial charge is 0.333 e. The van der Waals surface area contributed by atoms with Crippen molar-refractivity contribution in [3.63, 3.8) is 0 Å². The van der Waals surface area contributed by atoms with Crippen LogP contribution >= 0.6 is 0 Å². The van der Waals surface area contributed by atoms with Gasteiger partial charge in [0.15, 0.2) is 0 Å². The second-order valence-electron chi connectivity index (χ2n) is 5.67. The molecule has 0 saturated heterocycles. The Balaban J connectivity index is 2.93. The van der Waals surface area contributed by atoms with Gasteiger partial charge in [-0.25, -0.2) is 4.79 Å². The van der Waals surface area contributed by atoms with Gasteiger partial charge in [-0.3, -0.25) is 0 Å². The molecule has 1 aliphatic rings. The van der Waals surface area contributed by atoms with Crippen LogP contribution in [-0.2, 0) is 4.79 Å². The Bertz CT molecular complexity index is 293. The maximum Gasteiger partial charge on any atom is 0.333 e. The fourth-order valence-corrected chi connectivity index (χ4v) is 2.96. The zero-order chi connectivity index (χ0) is 11.9. The summed E-state index contributed by atoms with van der Waals surface area (Å²) in [5.41, 5.74) is -1.32. The van der Waals surface area contributed by atoms with E-state index in [9.17, 15) is 9.90 Å². The van der Waals surface area contributed by atoms with E-state index in [-0.39, 0.29) is 11.0 Å². The van der Waals surface area contributed by atoms with E-state index in [1.807, 2.05) is 6.92 Å². The van der Waals surface area contributed by atoms with Gasteiger partial charge in [0.1, 0.15) is 0 Å². The second kappa shape index (κ2) is 3.63. The molecule has 1 saturated carbocycles. The molecule has 2 atom stereocenters.